The molecule has 26 heavy (non-hydrogen) atoms. The summed E-state index contributed by atoms with van der Waals surface area (Å²) in [6, 6.07) is 8.14. The van der Waals surface area contributed by atoms with E-state index in [1.807, 2.05) is 26.8 Å². The zero-order chi connectivity index (χ0) is 19.1. The number of ketones is 1. The van der Waals surface area contributed by atoms with Gasteiger partial charge in [0, 0.05) is 5.56 Å². The fourth-order valence-electron chi connectivity index (χ4n) is 3.91. The molecule has 3 rings (SSSR count). The smallest absolute Gasteiger partial charge is 0.163 e. The fourth-order valence-corrected chi connectivity index (χ4v) is 3.91. The number of aromatic hydroxyl groups is 1. The summed E-state index contributed by atoms with van der Waals surface area (Å²) in [5, 5.41) is 11.0. The first-order valence-corrected chi connectivity index (χ1v) is 9.46. The van der Waals surface area contributed by atoms with Gasteiger partial charge in [-0.05, 0) is 57.7 Å². The highest BCUT2D eigenvalue weighted by Crippen LogP contribution is 2.51. The van der Waals surface area contributed by atoms with Gasteiger partial charge in [0.05, 0.1) is 11.1 Å². The number of phenols is 1. The standard InChI is InChI=1S/C23H28O3/c1-6-7-8-9-16-13-19-21(22(25)20(16)15(3)24)17-12-14(2)10-11-18(17)23(4,5)26-19/h10-13,25H,6-9H2,1-5H3. The zero-order valence-corrected chi connectivity index (χ0v) is 16.4. The molecule has 2 aromatic rings. The Hall–Kier alpha value is -2.29. The molecule has 1 N–H and O–H groups in total. The molecule has 1 aliphatic rings. The van der Waals surface area contributed by atoms with Crippen molar-refractivity contribution >= 4 is 5.78 Å². The van der Waals surface area contributed by atoms with Crippen LogP contribution in [0, 0.1) is 6.92 Å². The molecule has 0 amide bonds. The fraction of sp³-hybridized carbons (Fsp3) is 0.435. The van der Waals surface area contributed by atoms with Crippen LogP contribution in [0.3, 0.4) is 0 Å². The monoisotopic (exact) mass is 352 g/mol. The summed E-state index contributed by atoms with van der Waals surface area (Å²) >= 11 is 0. The number of carbonyl (C=O) groups excluding carboxylic acids is 1. The van der Waals surface area contributed by atoms with Crippen LogP contribution in [-0.2, 0) is 12.0 Å². The molecule has 138 valence electrons. The first kappa shape index (κ1) is 18.5. The number of fused-ring (bicyclic) bond motifs is 3. The van der Waals surface area contributed by atoms with E-state index < -0.39 is 5.60 Å². The molecular formula is C23H28O3. The molecule has 2 aromatic carbocycles. The number of ether oxygens (including phenoxy) is 1. The molecule has 0 fully saturated rings. The van der Waals surface area contributed by atoms with Gasteiger partial charge in [-0.15, -0.1) is 0 Å². The number of rotatable bonds is 5. The Labute approximate surface area is 156 Å². The van der Waals surface area contributed by atoms with Crippen LogP contribution in [0.15, 0.2) is 24.3 Å². The van der Waals surface area contributed by atoms with E-state index in [9.17, 15) is 9.90 Å². The average Bonchev–Trinajstić information content (AvgIpc) is 2.53. The van der Waals surface area contributed by atoms with E-state index >= 15 is 0 Å². The van der Waals surface area contributed by atoms with Crippen molar-refractivity contribution in [1.29, 1.82) is 0 Å². The third-order valence-corrected chi connectivity index (χ3v) is 5.21. The average molecular weight is 352 g/mol. The van der Waals surface area contributed by atoms with Gasteiger partial charge < -0.3 is 9.84 Å². The Morgan fingerprint density at radius 2 is 1.92 bits per heavy atom. The van der Waals surface area contributed by atoms with Gasteiger partial charge in [0.25, 0.3) is 0 Å². The second-order valence-corrected chi connectivity index (χ2v) is 7.81. The number of aryl methyl sites for hydroxylation is 2. The SMILES string of the molecule is CCCCCc1cc2c(c(O)c1C(C)=O)-c1cc(C)ccc1C(C)(C)O2. The number of hydrogen-bond acceptors (Lipinski definition) is 3. The summed E-state index contributed by atoms with van der Waals surface area (Å²) in [5.74, 6) is 0.627. The molecule has 3 heteroatoms. The molecule has 0 saturated carbocycles. The number of Topliss-reactive ketones (excluding diaryl/α,β-unsaturated/α-hetero) is 1. The molecule has 0 aliphatic carbocycles. The summed E-state index contributed by atoms with van der Waals surface area (Å²) in [4.78, 5) is 12.3. The third kappa shape index (κ3) is 3.11. The van der Waals surface area contributed by atoms with Crippen molar-refractivity contribution in [3.8, 4) is 22.6 Å². The minimum atomic E-state index is -0.485. The lowest BCUT2D eigenvalue weighted by molar-refractivity contribution is 0.101. The number of hydrogen-bond donors (Lipinski definition) is 1. The molecule has 3 nitrogen and oxygen atoms in total. The van der Waals surface area contributed by atoms with Crippen molar-refractivity contribution in [1.82, 2.24) is 0 Å². The molecule has 0 atom stereocenters. The molecule has 0 aromatic heterocycles. The molecule has 0 bridgehead atoms. The van der Waals surface area contributed by atoms with Gasteiger partial charge in [0.1, 0.15) is 17.1 Å². The number of carbonyl (C=O) groups is 1. The minimum absolute atomic E-state index is 0.0591. The van der Waals surface area contributed by atoms with E-state index in [-0.39, 0.29) is 11.5 Å². The Morgan fingerprint density at radius 3 is 2.58 bits per heavy atom. The van der Waals surface area contributed by atoms with Crippen LogP contribution in [-0.4, -0.2) is 10.9 Å². The van der Waals surface area contributed by atoms with Crippen LogP contribution >= 0.6 is 0 Å². The second kappa shape index (κ2) is 6.79. The molecule has 0 spiro atoms. The van der Waals surface area contributed by atoms with Crippen molar-refractivity contribution in [2.24, 2.45) is 0 Å². The normalized spacial score (nSPS) is 14.3. The van der Waals surface area contributed by atoms with Crippen molar-refractivity contribution in [3.63, 3.8) is 0 Å². The van der Waals surface area contributed by atoms with E-state index in [4.69, 9.17) is 4.74 Å². The van der Waals surface area contributed by atoms with Crippen molar-refractivity contribution in [2.75, 3.05) is 0 Å². The van der Waals surface area contributed by atoms with Crippen LogP contribution in [0.5, 0.6) is 11.5 Å². The molecule has 0 unspecified atom stereocenters. The number of phenolic OH excluding ortho intramolecular Hbond substituents is 1. The quantitative estimate of drug-likeness (QED) is 0.536. The zero-order valence-electron chi connectivity index (χ0n) is 16.4. The predicted molar refractivity (Wildman–Crippen MR) is 105 cm³/mol. The number of benzene rings is 2. The molecule has 0 saturated heterocycles. The van der Waals surface area contributed by atoms with Crippen LogP contribution in [0.25, 0.3) is 11.1 Å². The lowest BCUT2D eigenvalue weighted by atomic mass is 9.82. The van der Waals surface area contributed by atoms with Gasteiger partial charge in [-0.1, -0.05) is 43.5 Å². The van der Waals surface area contributed by atoms with E-state index in [2.05, 4.69) is 25.1 Å². The highest BCUT2D eigenvalue weighted by atomic mass is 16.5. The summed E-state index contributed by atoms with van der Waals surface area (Å²) in [6.07, 6.45) is 3.98. The molecule has 1 aliphatic heterocycles. The van der Waals surface area contributed by atoms with Gasteiger partial charge in [-0.25, -0.2) is 0 Å². The van der Waals surface area contributed by atoms with Gasteiger partial charge in [0.15, 0.2) is 5.78 Å². The third-order valence-electron chi connectivity index (χ3n) is 5.21. The largest absolute Gasteiger partial charge is 0.506 e. The second-order valence-electron chi connectivity index (χ2n) is 7.81. The Morgan fingerprint density at radius 1 is 1.19 bits per heavy atom. The maximum absolute atomic E-state index is 12.3. The van der Waals surface area contributed by atoms with Crippen LogP contribution in [0.1, 0.15) is 74.0 Å². The summed E-state index contributed by atoms with van der Waals surface area (Å²) in [7, 11) is 0. The van der Waals surface area contributed by atoms with E-state index in [0.717, 1.165) is 47.9 Å². The highest BCUT2D eigenvalue weighted by molar-refractivity contribution is 6.02. The van der Waals surface area contributed by atoms with Crippen LogP contribution in [0.4, 0.5) is 0 Å². The topological polar surface area (TPSA) is 46.5 Å². The van der Waals surface area contributed by atoms with E-state index in [1.165, 1.54) is 6.92 Å². The first-order valence-electron chi connectivity index (χ1n) is 9.46. The Kier molecular flexibility index (Phi) is 4.83. The van der Waals surface area contributed by atoms with E-state index in [0.29, 0.717) is 16.9 Å². The maximum atomic E-state index is 12.3. The van der Waals surface area contributed by atoms with Gasteiger partial charge in [-0.3, -0.25) is 4.79 Å². The Bertz CT molecular complexity index is 862. The van der Waals surface area contributed by atoms with Crippen molar-refractivity contribution in [3.05, 3.63) is 46.5 Å². The summed E-state index contributed by atoms with van der Waals surface area (Å²) in [5.41, 5.74) is 4.58. The predicted octanol–water partition coefficient (Wildman–Crippen LogP) is 5.93. The summed E-state index contributed by atoms with van der Waals surface area (Å²) in [6.45, 7) is 9.79. The minimum Gasteiger partial charge on any atom is -0.506 e. The van der Waals surface area contributed by atoms with Gasteiger partial charge in [0.2, 0.25) is 0 Å². The lowest BCUT2D eigenvalue weighted by Crippen LogP contribution is -2.29. The summed E-state index contributed by atoms with van der Waals surface area (Å²) < 4.78 is 6.28. The van der Waals surface area contributed by atoms with Crippen molar-refractivity contribution in [2.45, 2.75) is 65.9 Å². The Balaban J connectivity index is 2.24. The van der Waals surface area contributed by atoms with Crippen molar-refractivity contribution < 1.29 is 14.6 Å². The maximum Gasteiger partial charge on any atom is 0.163 e. The molecule has 0 radical (unpaired) electrons. The number of unbranched alkanes of at least 4 members (excludes halogenated alkanes) is 2. The molecular weight excluding hydrogens is 324 g/mol. The molecule has 1 heterocycles. The highest BCUT2D eigenvalue weighted by Gasteiger charge is 2.36. The lowest BCUT2D eigenvalue weighted by Gasteiger charge is -2.36. The van der Waals surface area contributed by atoms with Gasteiger partial charge >= 0.3 is 0 Å². The first-order chi connectivity index (χ1) is 12.3. The van der Waals surface area contributed by atoms with Crippen LogP contribution in [0.2, 0.25) is 0 Å². The van der Waals surface area contributed by atoms with Gasteiger partial charge in [-0.2, -0.15) is 0 Å². The van der Waals surface area contributed by atoms with E-state index in [1.54, 1.807) is 0 Å². The van der Waals surface area contributed by atoms with Crippen LogP contribution < -0.4 is 4.74 Å².